The third-order valence-electron chi connectivity index (χ3n) is 8.86. The monoisotopic (exact) mass is 599 g/mol. The van der Waals surface area contributed by atoms with Crippen LogP contribution >= 0.6 is 0 Å². The lowest BCUT2D eigenvalue weighted by atomic mass is 10.0. The Morgan fingerprint density at radius 1 is 0.705 bits per heavy atom. The van der Waals surface area contributed by atoms with Crippen LogP contribution in [0.5, 0.6) is 11.5 Å². The molecule has 0 aliphatic carbocycles. The Labute approximate surface area is 261 Å². The van der Waals surface area contributed by atoms with Crippen LogP contribution in [0, 0.1) is 0 Å². The molecule has 236 valence electrons. The molecule has 0 amide bonds. The molecular formula is C36H49N5O3. The van der Waals surface area contributed by atoms with Crippen LogP contribution in [0.4, 0.5) is 11.6 Å². The Bertz CT molecular complexity index is 1590. The third kappa shape index (κ3) is 7.63. The molecule has 5 rings (SSSR count). The van der Waals surface area contributed by atoms with Crippen LogP contribution in [0.25, 0.3) is 11.2 Å². The number of fused-ring (bicyclic) bond motifs is 3. The number of aryl methyl sites for hydroxylation is 1. The van der Waals surface area contributed by atoms with E-state index in [2.05, 4.69) is 11.8 Å². The molecule has 8 nitrogen and oxygen atoms in total. The Morgan fingerprint density at radius 3 is 1.89 bits per heavy atom. The average molecular weight is 600 g/mol. The molecule has 0 unspecified atom stereocenters. The van der Waals surface area contributed by atoms with E-state index in [0.717, 1.165) is 36.4 Å². The zero-order chi connectivity index (χ0) is 30.7. The van der Waals surface area contributed by atoms with Crippen LogP contribution in [0.2, 0.25) is 0 Å². The molecule has 44 heavy (non-hydrogen) atoms. The van der Waals surface area contributed by atoms with Gasteiger partial charge in [-0.3, -0.25) is 13.9 Å². The van der Waals surface area contributed by atoms with E-state index in [1.807, 2.05) is 59.2 Å². The number of hydrogen-bond acceptors (Lipinski definition) is 5. The Morgan fingerprint density at radius 2 is 1.27 bits per heavy atom. The number of imidazole rings is 1. The summed E-state index contributed by atoms with van der Waals surface area (Å²) in [5.74, 6) is 2.23. The third-order valence-corrected chi connectivity index (χ3v) is 8.86. The molecule has 2 aromatic carbocycles. The summed E-state index contributed by atoms with van der Waals surface area (Å²) in [7, 11) is 1.72. The lowest BCUT2D eigenvalue weighted by Crippen LogP contribution is -2.39. The summed E-state index contributed by atoms with van der Waals surface area (Å²) < 4.78 is 10.8. The standard InChI is InChI=1S/C36H49N5O3/c1-3-4-5-6-7-8-9-10-11-12-13-14-15-19-26-41-34(42)32-33(38(2)36(41)43)37-35-39(27-28-40(32)35)29-22-24-31(25-23-29)44-30-20-17-16-18-21-30/h16-18,20-25H,3-15,19,26-28H2,1-2H3. The molecular weight excluding hydrogens is 550 g/mol. The SMILES string of the molecule is CCCCCCCCCCCCCCCCn1c(=O)c2c(nc3n2CCN3c2ccc(Oc3ccccc3)cc2)n(C)c1=O. The summed E-state index contributed by atoms with van der Waals surface area (Å²) in [6, 6.07) is 17.6. The first-order valence-corrected chi connectivity index (χ1v) is 16.9. The van der Waals surface area contributed by atoms with Crippen LogP contribution in [0.3, 0.4) is 0 Å². The molecule has 0 atom stereocenters. The second-order valence-corrected chi connectivity index (χ2v) is 12.2. The largest absolute Gasteiger partial charge is 0.457 e. The normalized spacial score (nSPS) is 12.7. The molecule has 3 heterocycles. The molecule has 0 bridgehead atoms. The van der Waals surface area contributed by atoms with E-state index in [-0.39, 0.29) is 11.2 Å². The van der Waals surface area contributed by atoms with Gasteiger partial charge in [-0.15, -0.1) is 0 Å². The summed E-state index contributed by atoms with van der Waals surface area (Å²) in [6.07, 6.45) is 17.8. The minimum Gasteiger partial charge on any atom is -0.457 e. The van der Waals surface area contributed by atoms with Gasteiger partial charge in [0, 0.05) is 32.4 Å². The van der Waals surface area contributed by atoms with Gasteiger partial charge >= 0.3 is 5.69 Å². The van der Waals surface area contributed by atoms with Crippen molar-refractivity contribution in [3.05, 3.63) is 75.4 Å². The molecule has 0 saturated carbocycles. The van der Waals surface area contributed by atoms with Gasteiger partial charge in [-0.05, 0) is 42.8 Å². The average Bonchev–Trinajstić information content (AvgIpc) is 3.62. The number of nitrogens with zero attached hydrogens (tertiary/aromatic N) is 5. The molecule has 0 radical (unpaired) electrons. The number of hydrogen-bond donors (Lipinski definition) is 0. The van der Waals surface area contributed by atoms with Crippen molar-refractivity contribution in [1.29, 1.82) is 0 Å². The van der Waals surface area contributed by atoms with E-state index in [0.29, 0.717) is 36.7 Å². The number of unbranched alkanes of at least 4 members (excludes halogenated alkanes) is 13. The van der Waals surface area contributed by atoms with Crippen LogP contribution in [0.1, 0.15) is 96.8 Å². The highest BCUT2D eigenvalue weighted by Gasteiger charge is 2.28. The van der Waals surface area contributed by atoms with Gasteiger partial charge in [-0.1, -0.05) is 109 Å². The highest BCUT2D eigenvalue weighted by molar-refractivity contribution is 5.77. The van der Waals surface area contributed by atoms with Crippen LogP contribution < -0.4 is 20.9 Å². The predicted molar refractivity (Wildman–Crippen MR) is 180 cm³/mol. The van der Waals surface area contributed by atoms with Crippen LogP contribution in [-0.2, 0) is 20.1 Å². The lowest BCUT2D eigenvalue weighted by Gasteiger charge is -2.16. The zero-order valence-electron chi connectivity index (χ0n) is 26.7. The summed E-state index contributed by atoms with van der Waals surface area (Å²) >= 11 is 0. The highest BCUT2D eigenvalue weighted by Crippen LogP contribution is 2.33. The van der Waals surface area contributed by atoms with Crippen LogP contribution in [-0.4, -0.2) is 25.2 Å². The van der Waals surface area contributed by atoms with Gasteiger partial charge in [-0.25, -0.2) is 4.79 Å². The van der Waals surface area contributed by atoms with Gasteiger partial charge in [0.2, 0.25) is 5.95 Å². The van der Waals surface area contributed by atoms with Crippen molar-refractivity contribution in [2.45, 2.75) is 110 Å². The summed E-state index contributed by atoms with van der Waals surface area (Å²) in [5.41, 5.74) is 1.40. The first kappa shape index (κ1) is 31.6. The van der Waals surface area contributed by atoms with Crippen molar-refractivity contribution in [1.82, 2.24) is 18.7 Å². The molecule has 4 aromatic rings. The molecule has 0 saturated heterocycles. The van der Waals surface area contributed by atoms with Crippen molar-refractivity contribution in [2.75, 3.05) is 11.4 Å². The molecule has 0 fully saturated rings. The Balaban J connectivity index is 1.13. The van der Waals surface area contributed by atoms with E-state index in [1.54, 1.807) is 7.05 Å². The van der Waals surface area contributed by atoms with E-state index in [4.69, 9.17) is 9.72 Å². The van der Waals surface area contributed by atoms with Gasteiger partial charge in [0.05, 0.1) is 0 Å². The van der Waals surface area contributed by atoms with E-state index < -0.39 is 0 Å². The molecule has 1 aliphatic heterocycles. The number of benzene rings is 2. The summed E-state index contributed by atoms with van der Waals surface area (Å²) in [6.45, 7) is 4.07. The van der Waals surface area contributed by atoms with Crippen LogP contribution in [0.15, 0.2) is 64.2 Å². The zero-order valence-corrected chi connectivity index (χ0v) is 26.7. The van der Waals surface area contributed by atoms with E-state index in [9.17, 15) is 9.59 Å². The van der Waals surface area contributed by atoms with Gasteiger partial charge in [-0.2, -0.15) is 4.98 Å². The maximum atomic E-state index is 13.6. The molecule has 2 aromatic heterocycles. The first-order valence-electron chi connectivity index (χ1n) is 16.9. The number of anilines is 2. The fourth-order valence-corrected chi connectivity index (χ4v) is 6.30. The fourth-order valence-electron chi connectivity index (χ4n) is 6.30. The number of para-hydroxylation sites is 1. The summed E-state index contributed by atoms with van der Waals surface area (Å²) in [4.78, 5) is 33.7. The van der Waals surface area contributed by atoms with E-state index in [1.165, 1.54) is 79.8 Å². The molecule has 1 aliphatic rings. The van der Waals surface area contributed by atoms with Gasteiger partial charge in [0.1, 0.15) is 11.5 Å². The second-order valence-electron chi connectivity index (χ2n) is 12.2. The smallest absolute Gasteiger partial charge is 0.332 e. The van der Waals surface area contributed by atoms with Gasteiger partial charge in [0.25, 0.3) is 5.56 Å². The maximum absolute atomic E-state index is 13.6. The van der Waals surface area contributed by atoms with Crippen molar-refractivity contribution in [3.63, 3.8) is 0 Å². The van der Waals surface area contributed by atoms with Gasteiger partial charge < -0.3 is 14.2 Å². The maximum Gasteiger partial charge on any atom is 0.332 e. The lowest BCUT2D eigenvalue weighted by molar-refractivity contribution is 0.482. The minimum absolute atomic E-state index is 0.231. The Hall–Kier alpha value is -3.81. The molecule has 8 heteroatoms. The molecule has 0 N–H and O–H groups in total. The first-order chi connectivity index (χ1) is 21.6. The number of rotatable bonds is 18. The second kappa shape index (κ2) is 15.8. The molecule has 0 spiro atoms. The minimum atomic E-state index is -0.289. The predicted octanol–water partition coefficient (Wildman–Crippen LogP) is 8.32. The van der Waals surface area contributed by atoms with Crippen molar-refractivity contribution in [2.24, 2.45) is 7.05 Å². The van der Waals surface area contributed by atoms with E-state index >= 15 is 0 Å². The number of aromatic nitrogens is 4. The Kier molecular flexibility index (Phi) is 11.3. The van der Waals surface area contributed by atoms with Crippen molar-refractivity contribution in [3.8, 4) is 11.5 Å². The highest BCUT2D eigenvalue weighted by atomic mass is 16.5. The van der Waals surface area contributed by atoms with Crippen molar-refractivity contribution >= 4 is 22.8 Å². The quantitative estimate of drug-likeness (QED) is 0.108. The topological polar surface area (TPSA) is 74.3 Å². The van der Waals surface area contributed by atoms with Gasteiger partial charge in [0.15, 0.2) is 11.2 Å². The fraction of sp³-hybridized carbons (Fsp3) is 0.528. The number of ether oxygens (including phenoxy) is 1. The van der Waals surface area contributed by atoms with Crippen molar-refractivity contribution < 1.29 is 4.74 Å². The summed E-state index contributed by atoms with van der Waals surface area (Å²) in [5, 5.41) is 0.